The molecule has 5 heteroatoms. The maximum atomic E-state index is 11.6. The van der Waals surface area contributed by atoms with Gasteiger partial charge in [0.05, 0.1) is 11.6 Å². The van der Waals surface area contributed by atoms with Crippen molar-refractivity contribution in [1.29, 1.82) is 0 Å². The SMILES string of the molecule is CC(C)(C)CNC(=O)CCCOc1ccc(Cl)cc1Cl. The minimum atomic E-state index is 0.0470. The minimum absolute atomic E-state index is 0.0470. The number of carbonyl (C=O) groups excluding carboxylic acids is 1. The molecule has 0 aromatic heterocycles. The van der Waals surface area contributed by atoms with Gasteiger partial charge in [-0.25, -0.2) is 0 Å². The molecule has 0 saturated heterocycles. The molecular weight excluding hydrogens is 297 g/mol. The lowest BCUT2D eigenvalue weighted by molar-refractivity contribution is -0.121. The van der Waals surface area contributed by atoms with E-state index in [9.17, 15) is 4.79 Å². The predicted molar refractivity (Wildman–Crippen MR) is 83.7 cm³/mol. The monoisotopic (exact) mass is 317 g/mol. The second kappa shape index (κ2) is 7.75. The topological polar surface area (TPSA) is 38.3 Å². The highest BCUT2D eigenvalue weighted by Gasteiger charge is 2.11. The van der Waals surface area contributed by atoms with Crippen LogP contribution in [0.25, 0.3) is 0 Å². The van der Waals surface area contributed by atoms with Crippen LogP contribution in [0.15, 0.2) is 18.2 Å². The first-order chi connectivity index (χ1) is 9.28. The summed E-state index contributed by atoms with van der Waals surface area (Å²) in [5.74, 6) is 0.636. The third-order valence-corrected chi connectivity index (χ3v) is 3.05. The summed E-state index contributed by atoms with van der Waals surface area (Å²) in [4.78, 5) is 11.6. The first-order valence-electron chi connectivity index (χ1n) is 6.62. The third kappa shape index (κ3) is 7.01. The smallest absolute Gasteiger partial charge is 0.220 e. The summed E-state index contributed by atoms with van der Waals surface area (Å²) in [5.41, 5.74) is 0.100. The van der Waals surface area contributed by atoms with E-state index in [1.165, 1.54) is 0 Å². The first-order valence-corrected chi connectivity index (χ1v) is 7.38. The molecule has 0 radical (unpaired) electrons. The molecule has 0 bridgehead atoms. The van der Waals surface area contributed by atoms with Gasteiger partial charge in [-0.2, -0.15) is 0 Å². The zero-order chi connectivity index (χ0) is 15.2. The van der Waals surface area contributed by atoms with Gasteiger partial charge < -0.3 is 10.1 Å². The lowest BCUT2D eigenvalue weighted by Gasteiger charge is -2.18. The van der Waals surface area contributed by atoms with Gasteiger partial charge in [-0.05, 0) is 30.0 Å². The molecule has 1 aromatic carbocycles. The van der Waals surface area contributed by atoms with E-state index in [0.29, 0.717) is 41.8 Å². The average molecular weight is 318 g/mol. The molecule has 20 heavy (non-hydrogen) atoms. The molecule has 0 aliphatic carbocycles. The maximum Gasteiger partial charge on any atom is 0.220 e. The van der Waals surface area contributed by atoms with Crippen molar-refractivity contribution < 1.29 is 9.53 Å². The molecule has 0 atom stereocenters. The summed E-state index contributed by atoms with van der Waals surface area (Å²) in [7, 11) is 0. The number of hydrogen-bond acceptors (Lipinski definition) is 2. The Kier molecular flexibility index (Phi) is 6.63. The van der Waals surface area contributed by atoms with Crippen LogP contribution >= 0.6 is 23.2 Å². The molecule has 1 aromatic rings. The van der Waals surface area contributed by atoms with Crippen molar-refractivity contribution in [1.82, 2.24) is 5.32 Å². The van der Waals surface area contributed by atoms with E-state index in [1.807, 2.05) is 0 Å². The highest BCUT2D eigenvalue weighted by atomic mass is 35.5. The Balaban J connectivity index is 2.23. The third-order valence-electron chi connectivity index (χ3n) is 2.52. The fourth-order valence-corrected chi connectivity index (χ4v) is 1.92. The fourth-order valence-electron chi connectivity index (χ4n) is 1.46. The fraction of sp³-hybridized carbons (Fsp3) is 0.533. The molecule has 0 saturated carbocycles. The van der Waals surface area contributed by atoms with E-state index >= 15 is 0 Å². The number of nitrogens with one attached hydrogen (secondary N) is 1. The van der Waals surface area contributed by atoms with Crippen molar-refractivity contribution in [2.45, 2.75) is 33.6 Å². The number of carbonyl (C=O) groups is 1. The molecule has 0 spiro atoms. The summed E-state index contributed by atoms with van der Waals surface area (Å²) in [6.07, 6.45) is 1.09. The van der Waals surface area contributed by atoms with Crippen molar-refractivity contribution >= 4 is 29.1 Å². The number of amides is 1. The van der Waals surface area contributed by atoms with Crippen LogP contribution < -0.4 is 10.1 Å². The van der Waals surface area contributed by atoms with Gasteiger partial charge in [0.2, 0.25) is 5.91 Å². The standard InChI is InChI=1S/C15H21Cl2NO2/c1-15(2,3)10-18-14(19)5-4-8-20-13-7-6-11(16)9-12(13)17/h6-7,9H,4-5,8,10H2,1-3H3,(H,18,19). The Labute approximate surface area is 130 Å². The Morgan fingerprint density at radius 1 is 1.30 bits per heavy atom. The summed E-state index contributed by atoms with van der Waals surface area (Å²) < 4.78 is 5.52. The predicted octanol–water partition coefficient (Wildman–Crippen LogP) is 4.31. The maximum absolute atomic E-state index is 11.6. The van der Waals surface area contributed by atoms with Crippen LogP contribution in [0, 0.1) is 5.41 Å². The van der Waals surface area contributed by atoms with Crippen molar-refractivity contribution in [2.75, 3.05) is 13.2 Å². The number of benzene rings is 1. The van der Waals surface area contributed by atoms with Gasteiger partial charge in [-0.1, -0.05) is 44.0 Å². The van der Waals surface area contributed by atoms with E-state index in [1.54, 1.807) is 18.2 Å². The number of rotatable bonds is 6. The molecule has 0 unspecified atom stereocenters. The van der Waals surface area contributed by atoms with Crippen LogP contribution in [0.5, 0.6) is 5.75 Å². The van der Waals surface area contributed by atoms with Crippen molar-refractivity contribution in [2.24, 2.45) is 5.41 Å². The highest BCUT2D eigenvalue weighted by Crippen LogP contribution is 2.27. The summed E-state index contributed by atoms with van der Waals surface area (Å²) >= 11 is 11.8. The zero-order valence-electron chi connectivity index (χ0n) is 12.1. The van der Waals surface area contributed by atoms with Gasteiger partial charge >= 0.3 is 0 Å². The normalized spacial score (nSPS) is 11.2. The van der Waals surface area contributed by atoms with Crippen molar-refractivity contribution in [3.8, 4) is 5.75 Å². The Hall–Kier alpha value is -0.930. The molecule has 1 amide bonds. The van der Waals surface area contributed by atoms with Gasteiger partial charge in [-0.15, -0.1) is 0 Å². The van der Waals surface area contributed by atoms with E-state index in [-0.39, 0.29) is 11.3 Å². The van der Waals surface area contributed by atoms with E-state index in [4.69, 9.17) is 27.9 Å². The Morgan fingerprint density at radius 2 is 2.00 bits per heavy atom. The van der Waals surface area contributed by atoms with Gasteiger partial charge in [0.15, 0.2) is 0 Å². The van der Waals surface area contributed by atoms with E-state index in [0.717, 1.165) is 0 Å². The zero-order valence-corrected chi connectivity index (χ0v) is 13.6. The molecular formula is C15H21Cl2NO2. The Morgan fingerprint density at radius 3 is 2.60 bits per heavy atom. The molecule has 0 aliphatic heterocycles. The minimum Gasteiger partial charge on any atom is -0.492 e. The molecule has 0 fully saturated rings. The largest absolute Gasteiger partial charge is 0.492 e. The quantitative estimate of drug-likeness (QED) is 0.794. The van der Waals surface area contributed by atoms with Crippen LogP contribution in [0.2, 0.25) is 10.0 Å². The van der Waals surface area contributed by atoms with E-state index < -0.39 is 0 Å². The van der Waals surface area contributed by atoms with E-state index in [2.05, 4.69) is 26.1 Å². The van der Waals surface area contributed by atoms with Gasteiger partial charge in [0, 0.05) is 18.0 Å². The second-order valence-corrected chi connectivity index (χ2v) is 6.71. The summed E-state index contributed by atoms with van der Waals surface area (Å²) in [6.45, 7) is 7.37. The molecule has 112 valence electrons. The summed E-state index contributed by atoms with van der Waals surface area (Å²) in [6, 6.07) is 5.08. The average Bonchev–Trinajstić information content (AvgIpc) is 2.33. The molecule has 0 aliphatic rings. The number of ether oxygens (including phenoxy) is 1. The van der Waals surface area contributed by atoms with Crippen LogP contribution in [0.4, 0.5) is 0 Å². The lowest BCUT2D eigenvalue weighted by atomic mass is 9.97. The van der Waals surface area contributed by atoms with Gasteiger partial charge in [0.1, 0.15) is 5.75 Å². The van der Waals surface area contributed by atoms with Crippen LogP contribution in [-0.2, 0) is 4.79 Å². The Bertz CT molecular complexity index is 456. The van der Waals surface area contributed by atoms with Crippen molar-refractivity contribution in [3.05, 3.63) is 28.2 Å². The highest BCUT2D eigenvalue weighted by molar-refractivity contribution is 6.35. The molecule has 1 rings (SSSR count). The number of halogens is 2. The van der Waals surface area contributed by atoms with Crippen LogP contribution in [0.1, 0.15) is 33.6 Å². The lowest BCUT2D eigenvalue weighted by Crippen LogP contribution is -2.32. The molecule has 1 N–H and O–H groups in total. The molecule has 3 nitrogen and oxygen atoms in total. The van der Waals surface area contributed by atoms with Gasteiger partial charge in [-0.3, -0.25) is 4.79 Å². The second-order valence-electron chi connectivity index (χ2n) is 5.86. The van der Waals surface area contributed by atoms with Crippen molar-refractivity contribution in [3.63, 3.8) is 0 Å². The van der Waals surface area contributed by atoms with Crippen LogP contribution in [-0.4, -0.2) is 19.1 Å². The summed E-state index contributed by atoms with van der Waals surface area (Å²) in [5, 5.41) is 3.96. The first kappa shape index (κ1) is 17.1. The van der Waals surface area contributed by atoms with Gasteiger partial charge in [0.25, 0.3) is 0 Å². The molecule has 0 heterocycles. The number of hydrogen-bond donors (Lipinski definition) is 1. The van der Waals surface area contributed by atoms with Crippen LogP contribution in [0.3, 0.4) is 0 Å².